The van der Waals surface area contributed by atoms with Crippen LogP contribution in [-0.2, 0) is 0 Å². The fourth-order valence-corrected chi connectivity index (χ4v) is 3.87. The molecule has 102 valence electrons. The molecule has 0 saturated heterocycles. The minimum Gasteiger partial charge on any atom is -0.397 e. The number of aryl methyl sites for hydroxylation is 1. The van der Waals surface area contributed by atoms with Gasteiger partial charge in [-0.3, -0.25) is 10.1 Å². The zero-order valence-corrected chi connectivity index (χ0v) is 13.7. The Balaban J connectivity index is 1.97. The highest BCUT2D eigenvalue weighted by Crippen LogP contribution is 2.35. The van der Waals surface area contributed by atoms with Crippen molar-refractivity contribution in [1.29, 1.82) is 0 Å². The largest absolute Gasteiger partial charge is 0.397 e. The second-order valence-corrected chi connectivity index (χ2v) is 7.06. The third-order valence-electron chi connectivity index (χ3n) is 2.73. The standard InChI is InChI=1S/C13H10BrN3OS2/c1-6-5-19-13(16-6)17-12(18)11-10(15)8-4-7(14)2-3-9(8)20-11/h2-5H,15H2,1H3,(H,16,17,18). The lowest BCUT2D eigenvalue weighted by molar-refractivity contribution is 0.103. The van der Waals surface area contributed by atoms with Crippen molar-refractivity contribution in [3.05, 3.63) is 38.6 Å². The number of hydrogen-bond acceptors (Lipinski definition) is 5. The van der Waals surface area contributed by atoms with Crippen LogP contribution in [0.25, 0.3) is 10.1 Å². The average molecular weight is 368 g/mol. The van der Waals surface area contributed by atoms with Crippen LogP contribution in [-0.4, -0.2) is 10.9 Å². The number of benzene rings is 1. The van der Waals surface area contributed by atoms with Crippen LogP contribution < -0.4 is 11.1 Å². The van der Waals surface area contributed by atoms with Gasteiger partial charge in [-0.05, 0) is 25.1 Å². The Morgan fingerprint density at radius 1 is 1.45 bits per heavy atom. The second-order valence-electron chi connectivity index (χ2n) is 4.23. The molecule has 0 aliphatic rings. The Bertz CT molecular complexity index is 809. The molecule has 0 atom stereocenters. The number of hydrogen-bond donors (Lipinski definition) is 2. The number of nitrogens with one attached hydrogen (secondary N) is 1. The van der Waals surface area contributed by atoms with Crippen molar-refractivity contribution in [1.82, 2.24) is 4.98 Å². The Morgan fingerprint density at radius 2 is 2.25 bits per heavy atom. The van der Waals surface area contributed by atoms with Crippen molar-refractivity contribution in [3.63, 3.8) is 0 Å². The van der Waals surface area contributed by atoms with Gasteiger partial charge in [0, 0.05) is 19.9 Å². The summed E-state index contributed by atoms with van der Waals surface area (Å²) in [5.74, 6) is -0.214. The topological polar surface area (TPSA) is 68.0 Å². The van der Waals surface area contributed by atoms with E-state index in [4.69, 9.17) is 5.73 Å². The van der Waals surface area contributed by atoms with E-state index in [-0.39, 0.29) is 5.91 Å². The van der Waals surface area contributed by atoms with E-state index in [0.29, 0.717) is 15.7 Å². The lowest BCUT2D eigenvalue weighted by Gasteiger charge is -2.00. The van der Waals surface area contributed by atoms with E-state index in [1.165, 1.54) is 22.7 Å². The first-order chi connectivity index (χ1) is 9.54. The highest BCUT2D eigenvalue weighted by Gasteiger charge is 2.17. The normalized spacial score (nSPS) is 10.9. The van der Waals surface area contributed by atoms with Crippen LogP contribution in [0.2, 0.25) is 0 Å². The molecule has 0 unspecified atom stereocenters. The van der Waals surface area contributed by atoms with Crippen LogP contribution in [0, 0.1) is 6.92 Å². The second kappa shape index (κ2) is 5.16. The Morgan fingerprint density at radius 3 is 2.95 bits per heavy atom. The maximum absolute atomic E-state index is 12.3. The highest BCUT2D eigenvalue weighted by molar-refractivity contribution is 9.10. The number of carbonyl (C=O) groups excluding carboxylic acids is 1. The van der Waals surface area contributed by atoms with Gasteiger partial charge in [-0.15, -0.1) is 22.7 Å². The molecule has 1 amide bonds. The summed E-state index contributed by atoms with van der Waals surface area (Å²) in [6, 6.07) is 5.81. The smallest absolute Gasteiger partial charge is 0.269 e. The van der Waals surface area contributed by atoms with E-state index in [1.807, 2.05) is 30.5 Å². The van der Waals surface area contributed by atoms with E-state index in [2.05, 4.69) is 26.2 Å². The number of anilines is 2. The number of fused-ring (bicyclic) bond motifs is 1. The van der Waals surface area contributed by atoms with E-state index in [9.17, 15) is 4.79 Å². The molecule has 3 rings (SSSR count). The zero-order valence-electron chi connectivity index (χ0n) is 10.4. The Kier molecular flexibility index (Phi) is 3.49. The van der Waals surface area contributed by atoms with Crippen LogP contribution in [0.1, 0.15) is 15.4 Å². The maximum atomic E-state index is 12.3. The molecule has 0 radical (unpaired) electrons. The SMILES string of the molecule is Cc1csc(NC(=O)c2sc3ccc(Br)cc3c2N)n1. The minimum absolute atomic E-state index is 0.214. The molecule has 2 aromatic heterocycles. The quantitative estimate of drug-likeness (QED) is 0.710. The molecule has 0 aliphatic carbocycles. The first kappa shape index (κ1) is 13.5. The van der Waals surface area contributed by atoms with Gasteiger partial charge in [0.1, 0.15) is 4.88 Å². The van der Waals surface area contributed by atoms with Gasteiger partial charge in [-0.2, -0.15) is 0 Å². The van der Waals surface area contributed by atoms with Gasteiger partial charge in [0.25, 0.3) is 5.91 Å². The number of nitrogen functional groups attached to an aromatic ring is 1. The van der Waals surface area contributed by atoms with Crippen molar-refractivity contribution in [2.45, 2.75) is 6.92 Å². The number of nitrogens with two attached hydrogens (primary N) is 1. The van der Waals surface area contributed by atoms with E-state index >= 15 is 0 Å². The summed E-state index contributed by atoms with van der Waals surface area (Å²) in [5.41, 5.74) is 7.48. The Labute approximate surface area is 131 Å². The number of carbonyl (C=O) groups is 1. The average Bonchev–Trinajstić information content (AvgIpc) is 2.94. The van der Waals surface area contributed by atoms with Gasteiger partial charge in [0.05, 0.1) is 11.4 Å². The summed E-state index contributed by atoms with van der Waals surface area (Å²) < 4.78 is 1.93. The third kappa shape index (κ3) is 2.44. The van der Waals surface area contributed by atoms with Crippen LogP contribution >= 0.6 is 38.6 Å². The molecule has 0 aliphatic heterocycles. The maximum Gasteiger partial charge on any atom is 0.269 e. The summed E-state index contributed by atoms with van der Waals surface area (Å²) in [6.45, 7) is 1.89. The van der Waals surface area contributed by atoms with Crippen molar-refractivity contribution < 1.29 is 4.79 Å². The third-order valence-corrected chi connectivity index (χ3v) is 5.29. The number of thiophene rings is 1. The monoisotopic (exact) mass is 367 g/mol. The molecule has 1 aromatic carbocycles. The van der Waals surface area contributed by atoms with Crippen LogP contribution in [0.4, 0.5) is 10.8 Å². The zero-order chi connectivity index (χ0) is 14.3. The molecule has 3 N–H and O–H groups in total. The van der Waals surface area contributed by atoms with E-state index < -0.39 is 0 Å². The fraction of sp³-hybridized carbons (Fsp3) is 0.0769. The van der Waals surface area contributed by atoms with Gasteiger partial charge in [0.2, 0.25) is 0 Å². The summed E-state index contributed by atoms with van der Waals surface area (Å²) in [4.78, 5) is 17.0. The summed E-state index contributed by atoms with van der Waals surface area (Å²) in [5, 5.41) is 6.15. The number of thiazole rings is 1. The molecule has 0 bridgehead atoms. The lowest BCUT2D eigenvalue weighted by atomic mass is 10.2. The summed E-state index contributed by atoms with van der Waals surface area (Å²) >= 11 is 6.20. The summed E-state index contributed by atoms with van der Waals surface area (Å²) in [6.07, 6.45) is 0. The predicted octanol–water partition coefficient (Wildman–Crippen LogP) is 4.26. The first-order valence-electron chi connectivity index (χ1n) is 5.75. The molecule has 4 nitrogen and oxygen atoms in total. The highest BCUT2D eigenvalue weighted by atomic mass is 79.9. The van der Waals surface area contributed by atoms with Crippen LogP contribution in [0.3, 0.4) is 0 Å². The van der Waals surface area contributed by atoms with E-state index in [1.54, 1.807) is 0 Å². The number of halogens is 1. The number of aromatic nitrogens is 1. The van der Waals surface area contributed by atoms with Crippen molar-refractivity contribution in [2.24, 2.45) is 0 Å². The molecule has 3 aromatic rings. The van der Waals surface area contributed by atoms with Gasteiger partial charge < -0.3 is 5.73 Å². The lowest BCUT2D eigenvalue weighted by Crippen LogP contribution is -2.11. The summed E-state index contributed by atoms with van der Waals surface area (Å²) in [7, 11) is 0. The van der Waals surface area contributed by atoms with Crippen LogP contribution in [0.15, 0.2) is 28.1 Å². The first-order valence-corrected chi connectivity index (χ1v) is 8.24. The van der Waals surface area contributed by atoms with Crippen LogP contribution in [0.5, 0.6) is 0 Å². The fourth-order valence-electron chi connectivity index (χ4n) is 1.82. The number of rotatable bonds is 2. The predicted molar refractivity (Wildman–Crippen MR) is 88.7 cm³/mol. The van der Waals surface area contributed by atoms with Crippen molar-refractivity contribution in [3.8, 4) is 0 Å². The number of amides is 1. The molecular formula is C13H10BrN3OS2. The molecule has 0 fully saturated rings. The molecule has 7 heteroatoms. The van der Waals surface area contributed by atoms with E-state index in [0.717, 1.165) is 20.3 Å². The van der Waals surface area contributed by atoms with Gasteiger partial charge in [0.15, 0.2) is 5.13 Å². The number of nitrogens with zero attached hydrogens (tertiary/aromatic N) is 1. The molecular weight excluding hydrogens is 358 g/mol. The molecule has 2 heterocycles. The van der Waals surface area contributed by atoms with Gasteiger partial charge >= 0.3 is 0 Å². The Hall–Kier alpha value is -1.44. The van der Waals surface area contributed by atoms with Crippen molar-refractivity contribution in [2.75, 3.05) is 11.1 Å². The molecule has 0 saturated carbocycles. The van der Waals surface area contributed by atoms with Gasteiger partial charge in [-0.1, -0.05) is 15.9 Å². The molecule has 0 spiro atoms. The van der Waals surface area contributed by atoms with Crippen molar-refractivity contribution >= 4 is 65.4 Å². The van der Waals surface area contributed by atoms with Gasteiger partial charge in [-0.25, -0.2) is 4.98 Å². The minimum atomic E-state index is -0.214. The molecule has 20 heavy (non-hydrogen) atoms.